The Hall–Kier alpha value is -3.19. The van der Waals surface area contributed by atoms with E-state index < -0.39 is 11.9 Å². The first kappa shape index (κ1) is 19.1. The maximum absolute atomic E-state index is 12.7. The first-order valence-corrected chi connectivity index (χ1v) is 9.64. The summed E-state index contributed by atoms with van der Waals surface area (Å²) in [6, 6.07) is 14.6. The predicted octanol–water partition coefficient (Wildman–Crippen LogP) is 2.04. The van der Waals surface area contributed by atoms with E-state index in [4.69, 9.17) is 9.47 Å². The van der Waals surface area contributed by atoms with Gasteiger partial charge in [0.05, 0.1) is 13.2 Å². The van der Waals surface area contributed by atoms with Crippen molar-refractivity contribution >= 4 is 17.7 Å². The van der Waals surface area contributed by atoms with Gasteiger partial charge in [-0.3, -0.25) is 19.7 Å². The molecule has 0 bridgehead atoms. The lowest BCUT2D eigenvalue weighted by atomic mass is 10.0. The van der Waals surface area contributed by atoms with Gasteiger partial charge in [0.15, 0.2) is 0 Å². The first-order valence-electron chi connectivity index (χ1n) is 9.64. The van der Waals surface area contributed by atoms with E-state index in [2.05, 4.69) is 5.32 Å². The van der Waals surface area contributed by atoms with Crippen molar-refractivity contribution in [3.8, 4) is 5.75 Å². The number of carbonyl (C=O) groups excluding carboxylic acids is 3. The Kier molecular flexibility index (Phi) is 5.57. The van der Waals surface area contributed by atoms with E-state index in [1.807, 2.05) is 36.4 Å². The number of hydrogen-bond acceptors (Lipinski definition) is 5. The summed E-state index contributed by atoms with van der Waals surface area (Å²) in [6.07, 6.45) is 0.598. The third-order valence-corrected chi connectivity index (χ3v) is 5.10. The number of benzene rings is 2. The minimum absolute atomic E-state index is 0.188. The maximum atomic E-state index is 12.7. The minimum atomic E-state index is -0.608. The second-order valence-corrected chi connectivity index (χ2v) is 7.11. The Balaban J connectivity index is 1.30. The molecule has 1 saturated heterocycles. The minimum Gasteiger partial charge on any atom is -0.491 e. The molecule has 3 amide bonds. The number of imide groups is 1. The van der Waals surface area contributed by atoms with Crippen LogP contribution in [-0.4, -0.2) is 41.9 Å². The molecule has 7 nitrogen and oxygen atoms in total. The number of nitrogens with zero attached hydrogens (tertiary/aromatic N) is 1. The number of nitrogens with one attached hydrogen (secondary N) is 1. The molecule has 150 valence electrons. The molecule has 1 atom stereocenters. The highest BCUT2D eigenvalue weighted by molar-refractivity contribution is 6.05. The van der Waals surface area contributed by atoms with Crippen LogP contribution in [-0.2, 0) is 27.5 Å². The number of piperidine rings is 1. The first-order chi connectivity index (χ1) is 14.1. The molecule has 2 aliphatic rings. The molecule has 2 aliphatic heterocycles. The number of rotatable bonds is 7. The largest absolute Gasteiger partial charge is 0.491 e. The van der Waals surface area contributed by atoms with Crippen LogP contribution in [0.1, 0.15) is 34.3 Å². The quantitative estimate of drug-likeness (QED) is 0.574. The molecule has 2 aromatic carbocycles. The van der Waals surface area contributed by atoms with Gasteiger partial charge in [0.25, 0.3) is 5.91 Å². The topological polar surface area (TPSA) is 84.9 Å². The van der Waals surface area contributed by atoms with E-state index in [9.17, 15) is 14.4 Å². The fourth-order valence-corrected chi connectivity index (χ4v) is 3.62. The van der Waals surface area contributed by atoms with E-state index in [1.54, 1.807) is 12.1 Å². The van der Waals surface area contributed by atoms with Crippen LogP contribution in [0.5, 0.6) is 5.75 Å². The Labute approximate surface area is 168 Å². The molecule has 2 aromatic rings. The smallest absolute Gasteiger partial charge is 0.255 e. The molecule has 0 spiro atoms. The van der Waals surface area contributed by atoms with Crippen LogP contribution in [0.15, 0.2) is 48.5 Å². The van der Waals surface area contributed by atoms with E-state index in [0.29, 0.717) is 44.1 Å². The Morgan fingerprint density at radius 3 is 2.66 bits per heavy atom. The van der Waals surface area contributed by atoms with Gasteiger partial charge < -0.3 is 14.4 Å². The summed E-state index contributed by atoms with van der Waals surface area (Å²) in [5, 5.41) is 2.31. The summed E-state index contributed by atoms with van der Waals surface area (Å²) in [5.74, 6) is -0.229. The predicted molar refractivity (Wildman–Crippen MR) is 104 cm³/mol. The van der Waals surface area contributed by atoms with Crippen LogP contribution in [0.25, 0.3) is 0 Å². The Bertz CT molecular complexity index is 928. The highest BCUT2D eigenvalue weighted by Crippen LogP contribution is 2.30. The van der Waals surface area contributed by atoms with E-state index in [1.165, 1.54) is 4.90 Å². The normalized spacial score (nSPS) is 18.6. The number of ether oxygens (including phenoxy) is 2. The highest BCUT2D eigenvalue weighted by Gasteiger charge is 2.39. The van der Waals surface area contributed by atoms with Crippen LogP contribution in [0, 0.1) is 0 Å². The lowest BCUT2D eigenvalue weighted by Crippen LogP contribution is -2.52. The Morgan fingerprint density at radius 1 is 1.03 bits per heavy atom. The average Bonchev–Trinajstić information content (AvgIpc) is 3.04. The van der Waals surface area contributed by atoms with Crippen LogP contribution < -0.4 is 10.1 Å². The summed E-state index contributed by atoms with van der Waals surface area (Å²) in [4.78, 5) is 37.6. The Morgan fingerprint density at radius 2 is 1.86 bits per heavy atom. The molecule has 0 radical (unpaired) electrons. The van der Waals surface area contributed by atoms with E-state index in [-0.39, 0.29) is 18.2 Å². The fourth-order valence-electron chi connectivity index (χ4n) is 3.62. The second-order valence-electron chi connectivity index (χ2n) is 7.11. The molecule has 29 heavy (non-hydrogen) atoms. The average molecular weight is 394 g/mol. The zero-order valence-corrected chi connectivity index (χ0v) is 15.9. The third-order valence-electron chi connectivity index (χ3n) is 5.10. The zero-order valence-electron chi connectivity index (χ0n) is 15.9. The van der Waals surface area contributed by atoms with Crippen molar-refractivity contribution in [2.45, 2.75) is 32.0 Å². The van der Waals surface area contributed by atoms with Crippen LogP contribution in [0.2, 0.25) is 0 Å². The van der Waals surface area contributed by atoms with Gasteiger partial charge in [-0.1, -0.05) is 30.3 Å². The van der Waals surface area contributed by atoms with Crippen LogP contribution in [0.3, 0.4) is 0 Å². The molecule has 1 unspecified atom stereocenters. The lowest BCUT2D eigenvalue weighted by molar-refractivity contribution is -0.136. The van der Waals surface area contributed by atoms with Gasteiger partial charge in [-0.15, -0.1) is 0 Å². The second kappa shape index (κ2) is 8.45. The SMILES string of the molecule is O=C1CCC(N2Cc3cc(OCCOCc4ccccc4)ccc3C2=O)C(=O)N1. The number of amides is 3. The van der Waals surface area contributed by atoms with Crippen LogP contribution in [0.4, 0.5) is 0 Å². The van der Waals surface area contributed by atoms with Gasteiger partial charge in [0.2, 0.25) is 11.8 Å². The zero-order chi connectivity index (χ0) is 20.2. The molecular formula is C22H22N2O5. The van der Waals surface area contributed by atoms with E-state index >= 15 is 0 Å². The van der Waals surface area contributed by atoms with Crippen molar-refractivity contribution < 1.29 is 23.9 Å². The number of carbonyl (C=O) groups is 3. The standard InChI is InChI=1S/C22H22N2O5/c25-20-9-8-19(21(26)23-20)24-13-16-12-17(6-7-18(16)22(24)27)29-11-10-28-14-15-4-2-1-3-5-15/h1-7,12,19H,8-11,13-14H2,(H,23,25,26). The van der Waals surface area contributed by atoms with Crippen molar-refractivity contribution in [2.75, 3.05) is 13.2 Å². The van der Waals surface area contributed by atoms with Crippen LogP contribution >= 0.6 is 0 Å². The molecule has 1 fully saturated rings. The summed E-state index contributed by atoms with van der Waals surface area (Å²) < 4.78 is 11.4. The number of hydrogen-bond donors (Lipinski definition) is 1. The van der Waals surface area contributed by atoms with Gasteiger partial charge in [0, 0.05) is 18.5 Å². The van der Waals surface area contributed by atoms with Crippen molar-refractivity contribution in [2.24, 2.45) is 0 Å². The molecular weight excluding hydrogens is 372 g/mol. The summed E-state index contributed by atoms with van der Waals surface area (Å²) in [7, 11) is 0. The van der Waals surface area contributed by atoms with Gasteiger partial charge in [-0.05, 0) is 35.7 Å². The van der Waals surface area contributed by atoms with Crippen molar-refractivity contribution in [1.29, 1.82) is 0 Å². The molecule has 2 heterocycles. The van der Waals surface area contributed by atoms with Gasteiger partial charge in [0.1, 0.15) is 18.4 Å². The van der Waals surface area contributed by atoms with Gasteiger partial charge in [-0.2, -0.15) is 0 Å². The lowest BCUT2D eigenvalue weighted by Gasteiger charge is -2.29. The summed E-state index contributed by atoms with van der Waals surface area (Å²) in [5.41, 5.74) is 2.50. The monoisotopic (exact) mass is 394 g/mol. The molecule has 4 rings (SSSR count). The summed E-state index contributed by atoms with van der Waals surface area (Å²) >= 11 is 0. The van der Waals surface area contributed by atoms with Crippen molar-refractivity contribution in [1.82, 2.24) is 10.2 Å². The molecule has 7 heteroatoms. The number of fused-ring (bicyclic) bond motifs is 1. The van der Waals surface area contributed by atoms with E-state index in [0.717, 1.165) is 11.1 Å². The van der Waals surface area contributed by atoms with Gasteiger partial charge >= 0.3 is 0 Å². The molecule has 0 saturated carbocycles. The third kappa shape index (κ3) is 4.30. The molecule has 1 N–H and O–H groups in total. The summed E-state index contributed by atoms with van der Waals surface area (Å²) in [6.45, 7) is 1.72. The van der Waals surface area contributed by atoms with Gasteiger partial charge in [-0.25, -0.2) is 0 Å². The molecule has 0 aromatic heterocycles. The fraction of sp³-hybridized carbons (Fsp3) is 0.318. The van der Waals surface area contributed by atoms with Crippen molar-refractivity contribution in [3.63, 3.8) is 0 Å². The maximum Gasteiger partial charge on any atom is 0.255 e. The highest BCUT2D eigenvalue weighted by atomic mass is 16.5. The van der Waals surface area contributed by atoms with Crippen molar-refractivity contribution in [3.05, 3.63) is 65.2 Å². The molecule has 0 aliphatic carbocycles.